The van der Waals surface area contributed by atoms with E-state index >= 15 is 0 Å². The van der Waals surface area contributed by atoms with Crippen molar-refractivity contribution in [2.75, 3.05) is 0 Å². The highest BCUT2D eigenvalue weighted by Gasteiger charge is 2.06. The molecule has 3 nitrogen and oxygen atoms in total. The Labute approximate surface area is 87.4 Å². The number of para-hydroxylation sites is 1. The average Bonchev–Trinajstić information content (AvgIpc) is 2.82. The number of hydrogen-bond donors (Lipinski definition) is 1. The van der Waals surface area contributed by atoms with Gasteiger partial charge in [0.15, 0.2) is 5.82 Å². The first-order valence-electron chi connectivity index (χ1n) is 4.90. The van der Waals surface area contributed by atoms with E-state index in [2.05, 4.69) is 28.2 Å². The lowest BCUT2D eigenvalue weighted by Gasteiger charge is -1.96. The van der Waals surface area contributed by atoms with Crippen molar-refractivity contribution in [1.29, 1.82) is 0 Å². The molecule has 0 saturated heterocycles. The molecule has 0 amide bonds. The SMILES string of the molecule is Cn1ccnc1-c1cc2ccccc2[nH]1. The number of fused-ring (bicyclic) bond motifs is 1. The van der Waals surface area contributed by atoms with Crippen LogP contribution >= 0.6 is 0 Å². The monoisotopic (exact) mass is 197 g/mol. The Bertz CT molecular complexity index is 571. The molecule has 2 aromatic heterocycles. The molecule has 74 valence electrons. The largest absolute Gasteiger partial charge is 0.352 e. The summed E-state index contributed by atoms with van der Waals surface area (Å²) >= 11 is 0. The minimum Gasteiger partial charge on any atom is -0.352 e. The number of aromatic nitrogens is 3. The number of nitrogens with one attached hydrogen (secondary N) is 1. The number of aryl methyl sites for hydroxylation is 1. The number of hydrogen-bond acceptors (Lipinski definition) is 1. The van der Waals surface area contributed by atoms with Crippen LogP contribution in [0.5, 0.6) is 0 Å². The van der Waals surface area contributed by atoms with Gasteiger partial charge in [-0.25, -0.2) is 4.98 Å². The Morgan fingerprint density at radius 1 is 1.27 bits per heavy atom. The van der Waals surface area contributed by atoms with Crippen LogP contribution in [0.1, 0.15) is 0 Å². The van der Waals surface area contributed by atoms with Gasteiger partial charge in [0.25, 0.3) is 0 Å². The maximum atomic E-state index is 4.31. The minimum atomic E-state index is 0.964. The van der Waals surface area contributed by atoms with E-state index in [1.54, 1.807) is 6.20 Å². The van der Waals surface area contributed by atoms with Crippen molar-refractivity contribution in [2.45, 2.75) is 0 Å². The molecule has 0 aliphatic rings. The van der Waals surface area contributed by atoms with E-state index < -0.39 is 0 Å². The maximum absolute atomic E-state index is 4.31. The number of benzene rings is 1. The molecule has 0 aliphatic carbocycles. The van der Waals surface area contributed by atoms with Crippen LogP contribution in [0.25, 0.3) is 22.4 Å². The molecule has 0 radical (unpaired) electrons. The van der Waals surface area contributed by atoms with Gasteiger partial charge in [-0.2, -0.15) is 0 Å². The van der Waals surface area contributed by atoms with Crippen molar-refractivity contribution in [1.82, 2.24) is 14.5 Å². The molecule has 2 heterocycles. The summed E-state index contributed by atoms with van der Waals surface area (Å²) in [5, 5.41) is 1.22. The number of aromatic amines is 1. The van der Waals surface area contributed by atoms with Crippen LogP contribution in [0.2, 0.25) is 0 Å². The third-order valence-corrected chi connectivity index (χ3v) is 2.59. The lowest BCUT2D eigenvalue weighted by atomic mass is 10.2. The fourth-order valence-electron chi connectivity index (χ4n) is 1.82. The third-order valence-electron chi connectivity index (χ3n) is 2.59. The molecule has 1 N–H and O–H groups in total. The van der Waals surface area contributed by atoms with Crippen LogP contribution in [0.4, 0.5) is 0 Å². The van der Waals surface area contributed by atoms with E-state index in [-0.39, 0.29) is 0 Å². The smallest absolute Gasteiger partial charge is 0.156 e. The van der Waals surface area contributed by atoms with Gasteiger partial charge >= 0.3 is 0 Å². The highest BCUT2D eigenvalue weighted by Crippen LogP contribution is 2.21. The summed E-state index contributed by atoms with van der Waals surface area (Å²) in [5.41, 5.74) is 2.21. The van der Waals surface area contributed by atoms with Crippen LogP contribution in [0.3, 0.4) is 0 Å². The van der Waals surface area contributed by atoms with Crippen LogP contribution in [-0.4, -0.2) is 14.5 Å². The van der Waals surface area contributed by atoms with Crippen LogP contribution in [-0.2, 0) is 7.05 Å². The minimum absolute atomic E-state index is 0.964. The molecule has 0 unspecified atom stereocenters. The van der Waals surface area contributed by atoms with Gasteiger partial charge in [0.05, 0.1) is 5.69 Å². The molecule has 1 aromatic carbocycles. The van der Waals surface area contributed by atoms with Gasteiger partial charge in [-0.05, 0) is 12.1 Å². The standard InChI is InChI=1S/C12H11N3/c1-15-7-6-13-12(15)11-8-9-4-2-3-5-10(9)14-11/h2-8,14H,1H3. The first-order chi connectivity index (χ1) is 7.34. The Morgan fingerprint density at radius 3 is 2.87 bits per heavy atom. The highest BCUT2D eigenvalue weighted by molar-refractivity contribution is 5.84. The van der Waals surface area contributed by atoms with E-state index in [1.165, 1.54) is 5.39 Å². The molecule has 3 rings (SSSR count). The molecule has 0 atom stereocenters. The van der Waals surface area contributed by atoms with Crippen molar-refractivity contribution in [3.63, 3.8) is 0 Å². The molecule has 0 fully saturated rings. The van der Waals surface area contributed by atoms with E-state index in [1.807, 2.05) is 29.9 Å². The summed E-state index contributed by atoms with van der Waals surface area (Å²) in [6.45, 7) is 0. The fraction of sp³-hybridized carbons (Fsp3) is 0.0833. The lowest BCUT2D eigenvalue weighted by molar-refractivity contribution is 0.920. The molecular weight excluding hydrogens is 186 g/mol. The van der Waals surface area contributed by atoms with Gasteiger partial charge in [-0.1, -0.05) is 18.2 Å². The van der Waals surface area contributed by atoms with E-state index in [0.717, 1.165) is 17.0 Å². The normalized spacial score (nSPS) is 11.0. The van der Waals surface area contributed by atoms with Crippen molar-refractivity contribution in [3.05, 3.63) is 42.7 Å². The van der Waals surface area contributed by atoms with Gasteiger partial charge in [0.1, 0.15) is 0 Å². The van der Waals surface area contributed by atoms with Crippen LogP contribution in [0.15, 0.2) is 42.7 Å². The second-order valence-corrected chi connectivity index (χ2v) is 3.63. The van der Waals surface area contributed by atoms with Gasteiger partial charge in [0.2, 0.25) is 0 Å². The summed E-state index contributed by atoms with van der Waals surface area (Å²) in [5.74, 6) is 0.964. The zero-order chi connectivity index (χ0) is 10.3. The van der Waals surface area contributed by atoms with E-state index in [4.69, 9.17) is 0 Å². The van der Waals surface area contributed by atoms with E-state index in [9.17, 15) is 0 Å². The fourth-order valence-corrected chi connectivity index (χ4v) is 1.82. The number of nitrogens with zero attached hydrogens (tertiary/aromatic N) is 2. The Balaban J connectivity index is 2.24. The Morgan fingerprint density at radius 2 is 2.13 bits per heavy atom. The summed E-state index contributed by atoms with van der Waals surface area (Å²) in [4.78, 5) is 7.67. The third kappa shape index (κ3) is 1.24. The molecule has 0 spiro atoms. The maximum Gasteiger partial charge on any atom is 0.156 e. The summed E-state index contributed by atoms with van der Waals surface area (Å²) < 4.78 is 2.00. The Hall–Kier alpha value is -2.03. The van der Waals surface area contributed by atoms with Crippen molar-refractivity contribution in [2.24, 2.45) is 7.05 Å². The number of imidazole rings is 1. The molecular formula is C12H11N3. The van der Waals surface area contributed by atoms with Gasteiger partial charge in [0, 0.05) is 30.3 Å². The summed E-state index contributed by atoms with van der Waals surface area (Å²) in [7, 11) is 1.99. The number of H-pyrrole nitrogens is 1. The van der Waals surface area contributed by atoms with Gasteiger partial charge in [-0.3, -0.25) is 0 Å². The van der Waals surface area contributed by atoms with Gasteiger partial charge in [-0.15, -0.1) is 0 Å². The zero-order valence-electron chi connectivity index (χ0n) is 8.44. The second kappa shape index (κ2) is 2.98. The predicted molar refractivity (Wildman–Crippen MR) is 60.5 cm³/mol. The predicted octanol–water partition coefficient (Wildman–Crippen LogP) is 2.57. The highest BCUT2D eigenvalue weighted by atomic mass is 15.0. The molecule has 0 aliphatic heterocycles. The van der Waals surface area contributed by atoms with Crippen LogP contribution in [0, 0.1) is 0 Å². The number of rotatable bonds is 1. The van der Waals surface area contributed by atoms with Crippen molar-refractivity contribution in [3.8, 4) is 11.5 Å². The molecule has 0 bridgehead atoms. The quantitative estimate of drug-likeness (QED) is 0.639. The molecule has 3 heteroatoms. The summed E-state index contributed by atoms with van der Waals surface area (Å²) in [6.07, 6.45) is 3.75. The first-order valence-corrected chi connectivity index (χ1v) is 4.90. The van der Waals surface area contributed by atoms with Gasteiger partial charge < -0.3 is 9.55 Å². The average molecular weight is 197 g/mol. The lowest BCUT2D eigenvalue weighted by Crippen LogP contribution is -1.90. The zero-order valence-corrected chi connectivity index (χ0v) is 8.44. The second-order valence-electron chi connectivity index (χ2n) is 3.63. The Kier molecular flexibility index (Phi) is 1.65. The molecule has 3 aromatic rings. The van der Waals surface area contributed by atoms with Crippen molar-refractivity contribution >= 4 is 10.9 Å². The van der Waals surface area contributed by atoms with E-state index in [0.29, 0.717) is 0 Å². The topological polar surface area (TPSA) is 33.6 Å². The molecule has 0 saturated carbocycles. The first kappa shape index (κ1) is 8.29. The van der Waals surface area contributed by atoms with Crippen LogP contribution < -0.4 is 0 Å². The summed E-state index contributed by atoms with van der Waals surface area (Å²) in [6, 6.07) is 10.4. The van der Waals surface area contributed by atoms with Crippen molar-refractivity contribution < 1.29 is 0 Å². The molecule has 15 heavy (non-hydrogen) atoms.